The van der Waals surface area contributed by atoms with E-state index in [9.17, 15) is 9.59 Å². The van der Waals surface area contributed by atoms with Crippen molar-refractivity contribution in [3.05, 3.63) is 91.8 Å². The molecule has 0 aliphatic carbocycles. The SMILES string of the molecule is CCOC(=O)c1ccc(N=C2SC(=Cc3cc(Br)c(OCc4cccc(Cl)c4)c(OC)c3)C(=O)N2C)cc1. The smallest absolute Gasteiger partial charge is 0.338 e. The molecule has 1 saturated heterocycles. The van der Waals surface area contributed by atoms with Crippen molar-refractivity contribution in [2.24, 2.45) is 4.99 Å². The molecule has 1 fully saturated rings. The van der Waals surface area contributed by atoms with E-state index in [-0.39, 0.29) is 11.9 Å². The summed E-state index contributed by atoms with van der Waals surface area (Å²) in [7, 11) is 3.23. The minimum absolute atomic E-state index is 0.173. The molecule has 0 atom stereocenters. The van der Waals surface area contributed by atoms with Crippen LogP contribution < -0.4 is 9.47 Å². The lowest BCUT2D eigenvalue weighted by molar-refractivity contribution is -0.121. The first-order chi connectivity index (χ1) is 18.3. The molecule has 196 valence electrons. The minimum Gasteiger partial charge on any atom is -0.493 e. The molecule has 1 heterocycles. The highest BCUT2D eigenvalue weighted by atomic mass is 79.9. The van der Waals surface area contributed by atoms with Crippen LogP contribution in [0.1, 0.15) is 28.4 Å². The Hall–Kier alpha value is -3.27. The van der Waals surface area contributed by atoms with Gasteiger partial charge in [0.15, 0.2) is 16.7 Å². The lowest BCUT2D eigenvalue weighted by Gasteiger charge is -2.14. The van der Waals surface area contributed by atoms with Crippen molar-refractivity contribution in [3.8, 4) is 11.5 Å². The lowest BCUT2D eigenvalue weighted by Crippen LogP contribution is -2.23. The second kappa shape index (κ2) is 12.5. The van der Waals surface area contributed by atoms with Crippen LogP contribution in [-0.4, -0.2) is 42.7 Å². The third-order valence-electron chi connectivity index (χ3n) is 5.43. The van der Waals surface area contributed by atoms with Gasteiger partial charge in [-0.15, -0.1) is 0 Å². The Morgan fingerprint density at radius 2 is 1.92 bits per heavy atom. The molecule has 4 rings (SSSR count). The summed E-state index contributed by atoms with van der Waals surface area (Å²) >= 11 is 10.9. The molecule has 0 aromatic heterocycles. The summed E-state index contributed by atoms with van der Waals surface area (Å²) < 4.78 is 17.3. The highest BCUT2D eigenvalue weighted by Gasteiger charge is 2.30. The van der Waals surface area contributed by atoms with Gasteiger partial charge in [0.05, 0.1) is 34.3 Å². The van der Waals surface area contributed by atoms with Crippen molar-refractivity contribution in [1.29, 1.82) is 0 Å². The van der Waals surface area contributed by atoms with Crippen molar-refractivity contribution in [3.63, 3.8) is 0 Å². The van der Waals surface area contributed by atoms with Crippen LogP contribution in [0.3, 0.4) is 0 Å². The molecule has 0 radical (unpaired) electrons. The van der Waals surface area contributed by atoms with E-state index in [0.717, 1.165) is 11.1 Å². The fourth-order valence-corrected chi connectivity index (χ4v) is 5.32. The van der Waals surface area contributed by atoms with Crippen LogP contribution in [0.4, 0.5) is 5.69 Å². The number of carbonyl (C=O) groups excluding carboxylic acids is 2. The molecule has 1 aliphatic rings. The summed E-state index contributed by atoms with van der Waals surface area (Å²) in [5, 5.41) is 1.16. The van der Waals surface area contributed by atoms with Crippen molar-refractivity contribution in [1.82, 2.24) is 4.90 Å². The molecule has 0 N–H and O–H groups in total. The number of likely N-dealkylation sites (N-methyl/N-ethyl adjacent to an activating group) is 1. The van der Waals surface area contributed by atoms with Crippen LogP contribution in [0.15, 0.2) is 75.0 Å². The number of rotatable bonds is 8. The van der Waals surface area contributed by atoms with E-state index in [1.165, 1.54) is 16.7 Å². The average molecular weight is 616 g/mol. The molecular formula is C28H24BrClN2O5S. The highest BCUT2D eigenvalue weighted by Crippen LogP contribution is 2.39. The van der Waals surface area contributed by atoms with E-state index in [2.05, 4.69) is 20.9 Å². The summed E-state index contributed by atoms with van der Waals surface area (Å²) in [5.74, 6) is 0.508. The van der Waals surface area contributed by atoms with Gasteiger partial charge in [0.1, 0.15) is 6.61 Å². The summed E-state index contributed by atoms with van der Waals surface area (Å²) in [6.07, 6.45) is 1.78. The number of nitrogens with zero attached hydrogens (tertiary/aromatic N) is 2. The molecular weight excluding hydrogens is 592 g/mol. The maximum absolute atomic E-state index is 12.9. The van der Waals surface area contributed by atoms with Gasteiger partial charge < -0.3 is 14.2 Å². The van der Waals surface area contributed by atoms with Crippen molar-refractivity contribution in [2.45, 2.75) is 13.5 Å². The van der Waals surface area contributed by atoms with Crippen LogP contribution in [0.2, 0.25) is 5.02 Å². The predicted molar refractivity (Wildman–Crippen MR) is 154 cm³/mol. The normalized spacial score (nSPS) is 15.3. The quantitative estimate of drug-likeness (QED) is 0.199. The molecule has 3 aromatic rings. The van der Waals surface area contributed by atoms with E-state index < -0.39 is 0 Å². The molecule has 0 saturated carbocycles. The summed E-state index contributed by atoms with van der Waals surface area (Å²) in [5.41, 5.74) is 2.75. The number of thioether (sulfide) groups is 1. The third kappa shape index (κ3) is 6.59. The van der Waals surface area contributed by atoms with Gasteiger partial charge in [0.25, 0.3) is 5.91 Å². The number of aliphatic imine (C=N–C) groups is 1. The molecule has 38 heavy (non-hydrogen) atoms. The first kappa shape index (κ1) is 27.8. The highest BCUT2D eigenvalue weighted by molar-refractivity contribution is 9.10. The average Bonchev–Trinajstić information content (AvgIpc) is 3.16. The fraction of sp³-hybridized carbons (Fsp3) is 0.179. The summed E-state index contributed by atoms with van der Waals surface area (Å²) in [6, 6.07) is 17.8. The minimum atomic E-state index is -0.387. The molecule has 0 bridgehead atoms. The van der Waals surface area contributed by atoms with Crippen LogP contribution in [-0.2, 0) is 16.1 Å². The van der Waals surface area contributed by atoms with E-state index in [0.29, 0.717) is 55.5 Å². The molecule has 1 amide bonds. The Morgan fingerprint density at radius 3 is 2.61 bits per heavy atom. The second-order valence-corrected chi connectivity index (χ2v) is 10.4. The predicted octanol–water partition coefficient (Wildman–Crippen LogP) is 7.10. The summed E-state index contributed by atoms with van der Waals surface area (Å²) in [4.78, 5) is 31.4. The number of esters is 1. The second-order valence-electron chi connectivity index (χ2n) is 8.09. The van der Waals surface area contributed by atoms with Crippen molar-refractivity contribution >= 4 is 68.1 Å². The molecule has 10 heteroatoms. The van der Waals surface area contributed by atoms with Gasteiger partial charge in [-0.05, 0) is 100 Å². The topological polar surface area (TPSA) is 77.4 Å². The van der Waals surface area contributed by atoms with Gasteiger partial charge in [0.2, 0.25) is 0 Å². The van der Waals surface area contributed by atoms with Crippen molar-refractivity contribution in [2.75, 3.05) is 20.8 Å². The Morgan fingerprint density at radius 1 is 1.16 bits per heavy atom. The van der Waals surface area contributed by atoms with Crippen LogP contribution in [0, 0.1) is 0 Å². The number of benzene rings is 3. The van der Waals surface area contributed by atoms with Gasteiger partial charge in [0, 0.05) is 12.1 Å². The zero-order valence-electron chi connectivity index (χ0n) is 20.9. The lowest BCUT2D eigenvalue weighted by atomic mass is 10.1. The summed E-state index contributed by atoms with van der Waals surface area (Å²) in [6.45, 7) is 2.38. The van der Waals surface area contributed by atoms with Crippen LogP contribution in [0.25, 0.3) is 6.08 Å². The van der Waals surface area contributed by atoms with Gasteiger partial charge >= 0.3 is 5.97 Å². The Labute approximate surface area is 238 Å². The number of ether oxygens (including phenoxy) is 3. The standard InChI is InChI=1S/C28H24BrClN2O5S/c1-4-36-27(34)19-8-10-21(11-9-19)31-28-32(2)26(33)24(38-28)15-18-13-22(29)25(23(14-18)35-3)37-16-17-6-5-7-20(30)12-17/h5-15H,4,16H2,1-3H3. The fourth-order valence-electron chi connectivity index (χ4n) is 3.55. The molecule has 0 spiro atoms. The van der Waals surface area contributed by atoms with E-state index >= 15 is 0 Å². The Balaban J connectivity index is 1.53. The first-order valence-electron chi connectivity index (χ1n) is 11.6. The van der Waals surface area contributed by atoms with E-state index in [1.54, 1.807) is 51.4 Å². The van der Waals surface area contributed by atoms with Gasteiger partial charge in [-0.25, -0.2) is 9.79 Å². The van der Waals surface area contributed by atoms with Crippen molar-refractivity contribution < 1.29 is 23.8 Å². The number of hydrogen-bond donors (Lipinski definition) is 0. The van der Waals surface area contributed by atoms with Crippen LogP contribution >= 0.6 is 39.3 Å². The third-order valence-corrected chi connectivity index (χ3v) is 7.31. The largest absolute Gasteiger partial charge is 0.493 e. The van der Waals surface area contributed by atoms with Gasteiger partial charge in [-0.3, -0.25) is 9.69 Å². The molecule has 7 nitrogen and oxygen atoms in total. The zero-order valence-corrected chi connectivity index (χ0v) is 24.0. The number of hydrogen-bond acceptors (Lipinski definition) is 7. The van der Waals surface area contributed by atoms with E-state index in [1.807, 2.05) is 36.4 Å². The molecule has 0 unspecified atom stereocenters. The van der Waals surface area contributed by atoms with Gasteiger partial charge in [-0.1, -0.05) is 23.7 Å². The monoisotopic (exact) mass is 614 g/mol. The molecule has 1 aliphatic heterocycles. The maximum atomic E-state index is 12.9. The zero-order chi connectivity index (χ0) is 27.2. The number of amides is 1. The number of carbonyl (C=O) groups is 2. The first-order valence-corrected chi connectivity index (χ1v) is 13.6. The van der Waals surface area contributed by atoms with E-state index in [4.69, 9.17) is 25.8 Å². The number of methoxy groups -OCH3 is 1. The number of amidine groups is 1. The maximum Gasteiger partial charge on any atom is 0.338 e. The van der Waals surface area contributed by atoms with Crippen LogP contribution in [0.5, 0.6) is 11.5 Å². The number of halogens is 2. The molecule has 3 aromatic carbocycles. The Kier molecular flexibility index (Phi) is 9.14. The van der Waals surface area contributed by atoms with Gasteiger partial charge in [-0.2, -0.15) is 0 Å². The Bertz CT molecular complexity index is 1430.